The van der Waals surface area contributed by atoms with E-state index in [4.69, 9.17) is 9.84 Å². The van der Waals surface area contributed by atoms with E-state index in [1.165, 1.54) is 7.11 Å². The number of carboxylic acids is 1. The Hall–Kier alpha value is -1.07. The first-order chi connectivity index (χ1) is 8.31. The van der Waals surface area contributed by atoms with E-state index < -0.39 is 12.1 Å². The van der Waals surface area contributed by atoms with Gasteiger partial charge in [0.25, 0.3) is 0 Å². The summed E-state index contributed by atoms with van der Waals surface area (Å²) in [5, 5.41) is 18.8. The second-order valence-corrected chi connectivity index (χ2v) is 5.27. The minimum atomic E-state index is -1.59. The van der Waals surface area contributed by atoms with Crippen molar-refractivity contribution in [2.45, 2.75) is 32.8 Å². The molecule has 0 aliphatic heterocycles. The SMILES string of the molecule is COc1c(C(C)C)cc(Br)c(C)c1C(O)C(=O)O. The van der Waals surface area contributed by atoms with Crippen LogP contribution in [0.2, 0.25) is 0 Å². The Morgan fingerprint density at radius 3 is 2.39 bits per heavy atom. The topological polar surface area (TPSA) is 66.8 Å². The Labute approximate surface area is 115 Å². The van der Waals surface area contributed by atoms with E-state index in [0.29, 0.717) is 16.9 Å². The maximum atomic E-state index is 11.0. The maximum absolute atomic E-state index is 11.0. The highest BCUT2D eigenvalue weighted by Gasteiger charge is 2.26. The number of rotatable bonds is 4. The molecule has 0 heterocycles. The van der Waals surface area contributed by atoms with Gasteiger partial charge >= 0.3 is 5.97 Å². The van der Waals surface area contributed by atoms with Gasteiger partial charge in [0, 0.05) is 10.0 Å². The van der Waals surface area contributed by atoms with Crippen molar-refractivity contribution in [3.05, 3.63) is 27.2 Å². The Balaban J connectivity index is 3.60. The molecule has 2 N–H and O–H groups in total. The van der Waals surface area contributed by atoms with Crippen molar-refractivity contribution in [1.82, 2.24) is 0 Å². The summed E-state index contributed by atoms with van der Waals surface area (Å²) >= 11 is 3.39. The molecule has 0 bridgehead atoms. The molecule has 100 valence electrons. The Bertz CT molecular complexity index is 469. The van der Waals surface area contributed by atoms with Crippen molar-refractivity contribution in [1.29, 1.82) is 0 Å². The van der Waals surface area contributed by atoms with Gasteiger partial charge in [-0.3, -0.25) is 0 Å². The number of aliphatic hydroxyl groups is 1. The summed E-state index contributed by atoms with van der Waals surface area (Å²) in [6.45, 7) is 5.71. The van der Waals surface area contributed by atoms with Crippen LogP contribution in [0.5, 0.6) is 5.75 Å². The second-order valence-electron chi connectivity index (χ2n) is 4.42. The lowest BCUT2D eigenvalue weighted by molar-refractivity contribution is -0.147. The van der Waals surface area contributed by atoms with Gasteiger partial charge in [0.1, 0.15) is 5.75 Å². The average molecular weight is 317 g/mol. The summed E-state index contributed by atoms with van der Waals surface area (Å²) in [5.41, 5.74) is 1.85. The van der Waals surface area contributed by atoms with Crippen molar-refractivity contribution in [2.24, 2.45) is 0 Å². The first kappa shape index (κ1) is 15.0. The molecule has 0 fully saturated rings. The molecule has 1 aromatic carbocycles. The van der Waals surface area contributed by atoms with Crippen molar-refractivity contribution < 1.29 is 19.7 Å². The van der Waals surface area contributed by atoms with E-state index in [1.807, 2.05) is 19.9 Å². The molecule has 1 rings (SSSR count). The lowest BCUT2D eigenvalue weighted by Gasteiger charge is -2.21. The van der Waals surface area contributed by atoms with E-state index in [0.717, 1.165) is 10.0 Å². The molecule has 0 aromatic heterocycles. The summed E-state index contributed by atoms with van der Waals surface area (Å²) < 4.78 is 6.07. The number of carboxylic acid groups (broad SMARTS) is 1. The summed E-state index contributed by atoms with van der Waals surface area (Å²) in [6.07, 6.45) is -1.59. The fourth-order valence-corrected chi connectivity index (χ4v) is 2.33. The number of aliphatic hydroxyl groups excluding tert-OH is 1. The van der Waals surface area contributed by atoms with Crippen molar-refractivity contribution in [2.75, 3.05) is 7.11 Å². The molecule has 1 atom stereocenters. The predicted molar refractivity (Wildman–Crippen MR) is 72.1 cm³/mol. The number of halogens is 1. The first-order valence-electron chi connectivity index (χ1n) is 5.59. The first-order valence-corrected chi connectivity index (χ1v) is 6.38. The van der Waals surface area contributed by atoms with E-state index in [9.17, 15) is 9.90 Å². The van der Waals surface area contributed by atoms with Crippen LogP contribution >= 0.6 is 15.9 Å². The van der Waals surface area contributed by atoms with E-state index in [2.05, 4.69) is 15.9 Å². The van der Waals surface area contributed by atoms with Crippen LogP contribution in [-0.2, 0) is 4.79 Å². The molecule has 1 unspecified atom stereocenters. The highest BCUT2D eigenvalue weighted by Crippen LogP contribution is 2.39. The molecule has 4 nitrogen and oxygen atoms in total. The third-order valence-electron chi connectivity index (χ3n) is 2.88. The van der Waals surface area contributed by atoms with Crippen LogP contribution in [0.1, 0.15) is 42.6 Å². The number of methoxy groups -OCH3 is 1. The maximum Gasteiger partial charge on any atom is 0.337 e. The standard InChI is InChI=1S/C13H17BrO4/c1-6(2)8-5-9(14)7(3)10(12(8)18-4)11(15)13(16)17/h5-6,11,15H,1-4H3,(H,16,17). The minimum absolute atomic E-state index is 0.164. The van der Waals surface area contributed by atoms with Crippen LogP contribution in [0.3, 0.4) is 0 Å². The number of benzene rings is 1. The van der Waals surface area contributed by atoms with Crippen LogP contribution in [-0.4, -0.2) is 23.3 Å². The molecule has 0 radical (unpaired) electrons. The van der Waals surface area contributed by atoms with Gasteiger partial charge in [-0.25, -0.2) is 4.79 Å². The van der Waals surface area contributed by atoms with Crippen molar-refractivity contribution in [3.8, 4) is 5.75 Å². The van der Waals surface area contributed by atoms with Gasteiger partial charge in [-0.2, -0.15) is 0 Å². The number of hydrogen-bond donors (Lipinski definition) is 2. The normalized spacial score (nSPS) is 12.6. The van der Waals surface area contributed by atoms with Crippen molar-refractivity contribution >= 4 is 21.9 Å². The Morgan fingerprint density at radius 2 is 2.00 bits per heavy atom. The minimum Gasteiger partial charge on any atom is -0.496 e. The number of carbonyl (C=O) groups is 1. The molecule has 5 heteroatoms. The summed E-state index contributed by atoms with van der Waals surface area (Å²) in [6, 6.07) is 1.90. The van der Waals surface area contributed by atoms with Crippen LogP contribution in [0, 0.1) is 6.92 Å². The zero-order chi connectivity index (χ0) is 14.0. The summed E-state index contributed by atoms with van der Waals surface area (Å²) in [4.78, 5) is 11.0. The molecule has 0 aliphatic rings. The summed E-state index contributed by atoms with van der Waals surface area (Å²) in [7, 11) is 1.48. The van der Waals surface area contributed by atoms with Gasteiger partial charge in [0.05, 0.1) is 7.11 Å². The van der Waals surface area contributed by atoms with Crippen LogP contribution in [0.25, 0.3) is 0 Å². The quantitative estimate of drug-likeness (QED) is 0.896. The van der Waals surface area contributed by atoms with Crippen LogP contribution in [0.4, 0.5) is 0 Å². The van der Waals surface area contributed by atoms with Crippen LogP contribution < -0.4 is 4.74 Å². The van der Waals surface area contributed by atoms with Gasteiger partial charge in [-0.05, 0) is 30.0 Å². The molecule has 1 aromatic rings. The smallest absolute Gasteiger partial charge is 0.337 e. The Kier molecular flexibility index (Phi) is 4.76. The summed E-state index contributed by atoms with van der Waals surface area (Å²) in [5.74, 6) is -0.679. The fourth-order valence-electron chi connectivity index (χ4n) is 1.87. The van der Waals surface area contributed by atoms with Crippen molar-refractivity contribution in [3.63, 3.8) is 0 Å². The Morgan fingerprint density at radius 1 is 1.44 bits per heavy atom. The van der Waals surface area contributed by atoms with E-state index >= 15 is 0 Å². The highest BCUT2D eigenvalue weighted by molar-refractivity contribution is 9.10. The molecule has 0 saturated heterocycles. The molecular formula is C13H17BrO4. The molecule has 0 amide bonds. The molecular weight excluding hydrogens is 300 g/mol. The van der Waals surface area contributed by atoms with Gasteiger partial charge < -0.3 is 14.9 Å². The van der Waals surface area contributed by atoms with Gasteiger partial charge in [0.2, 0.25) is 0 Å². The lowest BCUT2D eigenvalue weighted by Crippen LogP contribution is -2.15. The fraction of sp³-hybridized carbons (Fsp3) is 0.462. The molecule has 0 spiro atoms. The third-order valence-corrected chi connectivity index (χ3v) is 3.71. The lowest BCUT2D eigenvalue weighted by atomic mass is 9.93. The number of ether oxygens (including phenoxy) is 1. The van der Waals surface area contributed by atoms with Gasteiger partial charge in [0.15, 0.2) is 6.10 Å². The predicted octanol–water partition coefficient (Wildman–Crippen LogP) is 3.01. The molecule has 18 heavy (non-hydrogen) atoms. The number of hydrogen-bond acceptors (Lipinski definition) is 3. The van der Waals surface area contributed by atoms with Gasteiger partial charge in [-0.15, -0.1) is 0 Å². The zero-order valence-corrected chi connectivity index (χ0v) is 12.4. The third kappa shape index (κ3) is 2.67. The largest absolute Gasteiger partial charge is 0.496 e. The highest BCUT2D eigenvalue weighted by atomic mass is 79.9. The average Bonchev–Trinajstić information content (AvgIpc) is 2.30. The van der Waals surface area contributed by atoms with E-state index in [1.54, 1.807) is 6.92 Å². The second kappa shape index (κ2) is 5.71. The molecule has 0 saturated carbocycles. The number of aliphatic carboxylic acids is 1. The zero-order valence-electron chi connectivity index (χ0n) is 10.8. The van der Waals surface area contributed by atoms with Crippen LogP contribution in [0.15, 0.2) is 10.5 Å². The molecule has 0 aliphatic carbocycles. The van der Waals surface area contributed by atoms with Gasteiger partial charge in [-0.1, -0.05) is 29.8 Å². The monoisotopic (exact) mass is 316 g/mol. The van der Waals surface area contributed by atoms with E-state index in [-0.39, 0.29) is 5.92 Å².